The highest BCUT2D eigenvalue weighted by atomic mass is 19.4. The Morgan fingerprint density at radius 3 is 2.40 bits per heavy atom. The Labute approximate surface area is 141 Å². The van der Waals surface area contributed by atoms with E-state index in [2.05, 4.69) is 0 Å². The van der Waals surface area contributed by atoms with Gasteiger partial charge in [0.25, 0.3) is 0 Å². The molecule has 0 aliphatic carbocycles. The largest absolute Gasteiger partial charge is 0.497 e. The van der Waals surface area contributed by atoms with E-state index in [0.29, 0.717) is 5.56 Å². The highest BCUT2D eigenvalue weighted by Crippen LogP contribution is 2.39. The first kappa shape index (κ1) is 16.9. The number of carbonyl (C=O) groups excluding carboxylic acids is 1. The third-order valence-electron chi connectivity index (χ3n) is 3.84. The molecule has 1 aliphatic rings. The zero-order chi connectivity index (χ0) is 18.2. The fraction of sp³-hybridized carbons (Fsp3) is 0.167. The Balaban J connectivity index is 2.04. The van der Waals surface area contributed by atoms with Gasteiger partial charge in [-0.1, -0.05) is 30.3 Å². The van der Waals surface area contributed by atoms with Crippen LogP contribution in [0, 0.1) is 0 Å². The molecule has 0 radical (unpaired) electrons. The fourth-order valence-corrected chi connectivity index (χ4v) is 2.65. The number of nitrogens with two attached hydrogens (primary N) is 1. The van der Waals surface area contributed by atoms with Gasteiger partial charge in [-0.3, -0.25) is 4.79 Å². The maximum absolute atomic E-state index is 13.1. The zero-order valence-corrected chi connectivity index (χ0v) is 13.1. The van der Waals surface area contributed by atoms with Crippen LogP contribution in [-0.4, -0.2) is 12.9 Å². The van der Waals surface area contributed by atoms with Crippen LogP contribution in [0.25, 0.3) is 5.57 Å². The van der Waals surface area contributed by atoms with E-state index < -0.39 is 23.6 Å². The summed E-state index contributed by atoms with van der Waals surface area (Å²) in [5, 5.41) is 0. The number of halogens is 3. The highest BCUT2D eigenvalue weighted by Gasteiger charge is 2.38. The zero-order valence-electron chi connectivity index (χ0n) is 13.1. The summed E-state index contributed by atoms with van der Waals surface area (Å²) < 4.78 is 49.6. The third kappa shape index (κ3) is 3.17. The van der Waals surface area contributed by atoms with E-state index in [1.165, 1.54) is 13.2 Å². The second-order valence-electron chi connectivity index (χ2n) is 5.46. The smallest absolute Gasteiger partial charge is 0.416 e. The Morgan fingerprint density at radius 2 is 1.80 bits per heavy atom. The Hall–Kier alpha value is -2.96. The molecule has 4 nitrogen and oxygen atoms in total. The number of hydrogen-bond acceptors (Lipinski definition) is 4. The van der Waals surface area contributed by atoms with E-state index in [0.717, 1.165) is 12.1 Å². The number of hydrogen-bond donors (Lipinski definition) is 1. The molecule has 0 saturated heterocycles. The van der Waals surface area contributed by atoms with E-state index in [1.54, 1.807) is 30.3 Å². The highest BCUT2D eigenvalue weighted by molar-refractivity contribution is 6.25. The van der Waals surface area contributed by atoms with Gasteiger partial charge in [0, 0.05) is 5.56 Å². The topological polar surface area (TPSA) is 61.6 Å². The summed E-state index contributed by atoms with van der Waals surface area (Å²) in [6.45, 7) is 0. The molecule has 25 heavy (non-hydrogen) atoms. The number of ether oxygens (including phenoxy) is 2. The maximum Gasteiger partial charge on any atom is 0.416 e. The number of ketones is 1. The lowest BCUT2D eigenvalue weighted by Crippen LogP contribution is -2.11. The lowest BCUT2D eigenvalue weighted by Gasteiger charge is -2.12. The number of Topliss-reactive ketones (excluding diaryl/α,β-unsaturated/α-hetero) is 1. The minimum absolute atomic E-state index is 0.00704. The molecule has 3 rings (SSSR count). The summed E-state index contributed by atoms with van der Waals surface area (Å²) in [6, 6.07) is 11.6. The molecular formula is C18H14F3NO3. The number of methoxy groups -OCH3 is 1. The Bertz CT molecular complexity index is 844. The third-order valence-corrected chi connectivity index (χ3v) is 3.84. The summed E-state index contributed by atoms with van der Waals surface area (Å²) in [4.78, 5) is 12.7. The molecule has 2 N–H and O–H groups in total. The van der Waals surface area contributed by atoms with Gasteiger partial charge in [-0.2, -0.15) is 13.2 Å². The first-order valence-electron chi connectivity index (χ1n) is 7.33. The van der Waals surface area contributed by atoms with Crippen molar-refractivity contribution in [3.05, 3.63) is 71.1 Å². The number of rotatable bonds is 3. The van der Waals surface area contributed by atoms with Crippen molar-refractivity contribution in [2.45, 2.75) is 12.3 Å². The fourth-order valence-electron chi connectivity index (χ4n) is 2.65. The van der Waals surface area contributed by atoms with E-state index in [4.69, 9.17) is 15.2 Å². The lowest BCUT2D eigenvalue weighted by molar-refractivity contribution is -0.137. The van der Waals surface area contributed by atoms with Crippen molar-refractivity contribution in [1.82, 2.24) is 0 Å². The molecule has 0 fully saturated rings. The average Bonchev–Trinajstić information content (AvgIpc) is 2.89. The maximum atomic E-state index is 13.1. The number of carbonyl (C=O) groups is 1. The van der Waals surface area contributed by atoms with E-state index in [9.17, 15) is 18.0 Å². The van der Waals surface area contributed by atoms with Crippen molar-refractivity contribution in [2.24, 2.45) is 5.73 Å². The number of benzene rings is 2. The van der Waals surface area contributed by atoms with Crippen LogP contribution < -0.4 is 10.5 Å². The summed E-state index contributed by atoms with van der Waals surface area (Å²) in [5.41, 5.74) is 5.36. The van der Waals surface area contributed by atoms with Gasteiger partial charge in [0.1, 0.15) is 5.75 Å². The number of alkyl halides is 3. The average molecular weight is 349 g/mol. The second-order valence-corrected chi connectivity index (χ2v) is 5.46. The molecule has 7 heteroatoms. The van der Waals surface area contributed by atoms with Gasteiger partial charge >= 0.3 is 6.18 Å². The van der Waals surface area contributed by atoms with Gasteiger partial charge in [-0.05, 0) is 23.8 Å². The van der Waals surface area contributed by atoms with Gasteiger partial charge in [0.15, 0.2) is 12.0 Å². The summed E-state index contributed by atoms with van der Waals surface area (Å²) in [7, 11) is 1.25. The second kappa shape index (κ2) is 6.16. The molecule has 0 spiro atoms. The Kier molecular flexibility index (Phi) is 4.16. The van der Waals surface area contributed by atoms with Crippen molar-refractivity contribution in [2.75, 3.05) is 7.11 Å². The van der Waals surface area contributed by atoms with Crippen LogP contribution in [-0.2, 0) is 15.7 Å². The van der Waals surface area contributed by atoms with Crippen LogP contribution in [0.3, 0.4) is 0 Å². The van der Waals surface area contributed by atoms with E-state index in [-0.39, 0.29) is 22.8 Å². The van der Waals surface area contributed by atoms with E-state index in [1.807, 2.05) is 0 Å². The minimum atomic E-state index is -4.58. The molecule has 2 aromatic carbocycles. The molecule has 0 amide bonds. The molecule has 130 valence electrons. The van der Waals surface area contributed by atoms with Crippen LogP contribution in [0.1, 0.15) is 22.8 Å². The quantitative estimate of drug-likeness (QED) is 0.918. The first-order chi connectivity index (χ1) is 11.8. The van der Waals surface area contributed by atoms with Crippen molar-refractivity contribution in [1.29, 1.82) is 0 Å². The van der Waals surface area contributed by atoms with Gasteiger partial charge in [0.2, 0.25) is 5.78 Å². The SMILES string of the molecule is COc1cc(C2=C(N)OC(c3ccccc3)C2=O)cc(C(F)(F)F)c1. The summed E-state index contributed by atoms with van der Waals surface area (Å²) >= 11 is 0. The predicted molar refractivity (Wildman–Crippen MR) is 84.4 cm³/mol. The van der Waals surface area contributed by atoms with Crippen molar-refractivity contribution >= 4 is 11.4 Å². The van der Waals surface area contributed by atoms with E-state index >= 15 is 0 Å². The summed E-state index contributed by atoms with van der Waals surface area (Å²) in [6.07, 6.45) is -5.56. The van der Waals surface area contributed by atoms with Gasteiger partial charge < -0.3 is 15.2 Å². The summed E-state index contributed by atoms with van der Waals surface area (Å²) in [5.74, 6) is -0.730. The molecule has 1 unspecified atom stereocenters. The van der Waals surface area contributed by atoms with Crippen LogP contribution in [0.15, 0.2) is 54.4 Å². The van der Waals surface area contributed by atoms with Crippen LogP contribution in [0.5, 0.6) is 5.75 Å². The van der Waals surface area contributed by atoms with Crippen LogP contribution in [0.4, 0.5) is 13.2 Å². The first-order valence-corrected chi connectivity index (χ1v) is 7.33. The molecule has 0 bridgehead atoms. The van der Waals surface area contributed by atoms with Gasteiger partial charge in [-0.25, -0.2) is 0 Å². The standard InChI is InChI=1S/C18H14F3NO3/c1-24-13-8-11(7-12(9-13)18(19,20)21)14-15(23)16(25-17(14)22)10-5-3-2-4-6-10/h2-9,16H,22H2,1H3. The Morgan fingerprint density at radius 1 is 1.12 bits per heavy atom. The van der Waals surface area contributed by atoms with Gasteiger partial charge in [0.05, 0.1) is 18.2 Å². The van der Waals surface area contributed by atoms with Crippen LogP contribution in [0.2, 0.25) is 0 Å². The minimum Gasteiger partial charge on any atom is -0.497 e. The molecular weight excluding hydrogens is 335 g/mol. The monoisotopic (exact) mass is 349 g/mol. The van der Waals surface area contributed by atoms with Gasteiger partial charge in [-0.15, -0.1) is 0 Å². The molecule has 1 aliphatic heterocycles. The van der Waals surface area contributed by atoms with Crippen molar-refractivity contribution in [3.8, 4) is 5.75 Å². The van der Waals surface area contributed by atoms with Crippen LogP contribution >= 0.6 is 0 Å². The normalized spacial score (nSPS) is 17.6. The molecule has 0 aromatic heterocycles. The molecule has 2 aromatic rings. The lowest BCUT2D eigenvalue weighted by atomic mass is 9.95. The van der Waals surface area contributed by atoms with Crippen molar-refractivity contribution < 1.29 is 27.4 Å². The molecule has 1 atom stereocenters. The molecule has 1 heterocycles. The van der Waals surface area contributed by atoms with Crippen molar-refractivity contribution in [3.63, 3.8) is 0 Å². The molecule has 0 saturated carbocycles. The predicted octanol–water partition coefficient (Wildman–Crippen LogP) is 3.68.